The first-order valence-corrected chi connectivity index (χ1v) is 6.62. The van der Waals surface area contributed by atoms with E-state index in [1.54, 1.807) is 24.1 Å². The average molecular weight is 294 g/mol. The van der Waals surface area contributed by atoms with Crippen molar-refractivity contribution in [2.45, 2.75) is 12.5 Å². The van der Waals surface area contributed by atoms with Crippen LogP contribution in [-0.2, 0) is 9.53 Å². The number of morpholine rings is 1. The second kappa shape index (κ2) is 6.45. The molecule has 7 heteroatoms. The predicted molar refractivity (Wildman–Crippen MR) is 75.5 cm³/mol. The van der Waals surface area contributed by atoms with Crippen LogP contribution in [-0.4, -0.2) is 60.0 Å². The Labute approximate surface area is 122 Å². The topological polar surface area (TPSA) is 90.3 Å². The highest BCUT2D eigenvalue weighted by atomic mass is 16.5. The summed E-state index contributed by atoms with van der Waals surface area (Å²) in [6, 6.07) is 6.07. The molecule has 0 aliphatic carbocycles. The van der Waals surface area contributed by atoms with Crippen LogP contribution >= 0.6 is 0 Å². The van der Waals surface area contributed by atoms with Crippen LogP contribution in [0.15, 0.2) is 24.3 Å². The standard InChI is InChI=1S/C14H18N2O5/c1-15(10-2-4-11(17)5-3-10)14(20)16-6-7-21-12(9-16)8-13(18)19/h2-5,12,17H,6-9H2,1H3,(H,18,19). The van der Waals surface area contributed by atoms with Crippen LogP contribution in [0, 0.1) is 0 Å². The van der Waals surface area contributed by atoms with Crippen LogP contribution in [0.3, 0.4) is 0 Å². The van der Waals surface area contributed by atoms with Crippen LogP contribution in [0.4, 0.5) is 10.5 Å². The number of aliphatic carboxylic acids is 1. The van der Waals surface area contributed by atoms with Gasteiger partial charge >= 0.3 is 12.0 Å². The number of anilines is 1. The van der Waals surface area contributed by atoms with E-state index in [-0.39, 0.29) is 24.7 Å². The number of hydrogen-bond acceptors (Lipinski definition) is 4. The molecule has 2 amide bonds. The van der Waals surface area contributed by atoms with Crippen molar-refractivity contribution in [3.63, 3.8) is 0 Å². The quantitative estimate of drug-likeness (QED) is 0.872. The third-order valence-corrected chi connectivity index (χ3v) is 3.34. The lowest BCUT2D eigenvalue weighted by Gasteiger charge is -2.34. The van der Waals surface area contributed by atoms with E-state index in [4.69, 9.17) is 9.84 Å². The zero-order valence-electron chi connectivity index (χ0n) is 11.7. The lowest BCUT2D eigenvalue weighted by atomic mass is 10.2. The number of urea groups is 1. The van der Waals surface area contributed by atoms with Gasteiger partial charge in [-0.1, -0.05) is 0 Å². The molecule has 7 nitrogen and oxygen atoms in total. The van der Waals surface area contributed by atoms with Crippen molar-refractivity contribution in [2.75, 3.05) is 31.6 Å². The lowest BCUT2D eigenvalue weighted by molar-refractivity contribution is -0.141. The summed E-state index contributed by atoms with van der Waals surface area (Å²) in [6.07, 6.45) is -0.597. The number of hydrogen-bond donors (Lipinski definition) is 2. The Morgan fingerprint density at radius 2 is 2.05 bits per heavy atom. The number of nitrogens with zero attached hydrogens (tertiary/aromatic N) is 2. The average Bonchev–Trinajstić information content (AvgIpc) is 2.46. The van der Waals surface area contributed by atoms with E-state index in [2.05, 4.69) is 0 Å². The molecule has 114 valence electrons. The molecule has 0 aromatic heterocycles. The Hall–Kier alpha value is -2.28. The van der Waals surface area contributed by atoms with E-state index >= 15 is 0 Å². The number of phenolic OH excluding ortho intramolecular Hbond substituents is 1. The van der Waals surface area contributed by atoms with Gasteiger partial charge in [0.1, 0.15) is 5.75 Å². The molecule has 2 N–H and O–H groups in total. The number of carboxylic acids is 1. The maximum atomic E-state index is 12.4. The van der Waals surface area contributed by atoms with E-state index in [1.165, 1.54) is 17.0 Å². The van der Waals surface area contributed by atoms with Crippen LogP contribution < -0.4 is 4.90 Å². The van der Waals surface area contributed by atoms with Crippen LogP contribution in [0.2, 0.25) is 0 Å². The zero-order valence-corrected chi connectivity index (χ0v) is 11.7. The molecule has 1 heterocycles. The van der Waals surface area contributed by atoms with Crippen molar-refractivity contribution in [1.29, 1.82) is 0 Å². The molecule has 2 rings (SSSR count). The van der Waals surface area contributed by atoms with Crippen LogP contribution in [0.5, 0.6) is 5.75 Å². The molecule has 1 fully saturated rings. The number of amides is 2. The first kappa shape index (κ1) is 15.1. The second-order valence-electron chi connectivity index (χ2n) is 4.89. The summed E-state index contributed by atoms with van der Waals surface area (Å²) in [5, 5.41) is 18.0. The summed E-state index contributed by atoms with van der Waals surface area (Å²) in [5.74, 6) is -0.811. The molecule has 1 aliphatic heterocycles. The van der Waals surface area contributed by atoms with Gasteiger partial charge in [0.15, 0.2) is 0 Å². The van der Waals surface area contributed by atoms with Gasteiger partial charge in [-0.3, -0.25) is 9.69 Å². The Balaban J connectivity index is 2.01. The van der Waals surface area contributed by atoms with Gasteiger partial charge in [-0.2, -0.15) is 0 Å². The maximum Gasteiger partial charge on any atom is 0.324 e. The number of carboxylic acid groups (broad SMARTS) is 1. The Morgan fingerprint density at radius 3 is 2.67 bits per heavy atom. The van der Waals surface area contributed by atoms with Crippen molar-refractivity contribution >= 4 is 17.7 Å². The molecule has 1 aliphatic rings. The summed E-state index contributed by atoms with van der Waals surface area (Å²) in [7, 11) is 1.64. The lowest BCUT2D eigenvalue weighted by Crippen LogP contribution is -2.50. The summed E-state index contributed by atoms with van der Waals surface area (Å²) in [6.45, 7) is 1.01. The number of ether oxygens (including phenoxy) is 1. The summed E-state index contributed by atoms with van der Waals surface area (Å²) in [4.78, 5) is 26.1. The number of carbonyl (C=O) groups is 2. The molecule has 0 saturated carbocycles. The molecule has 1 unspecified atom stereocenters. The molecule has 21 heavy (non-hydrogen) atoms. The van der Waals surface area contributed by atoms with Crippen molar-refractivity contribution in [1.82, 2.24) is 4.90 Å². The molecule has 1 atom stereocenters. The fourth-order valence-electron chi connectivity index (χ4n) is 2.21. The van der Waals surface area contributed by atoms with Crippen LogP contribution in [0.25, 0.3) is 0 Å². The zero-order chi connectivity index (χ0) is 15.4. The fraction of sp³-hybridized carbons (Fsp3) is 0.429. The minimum atomic E-state index is -0.943. The van der Waals surface area contributed by atoms with Gasteiger partial charge in [-0.05, 0) is 24.3 Å². The highest BCUT2D eigenvalue weighted by Crippen LogP contribution is 2.19. The smallest absolute Gasteiger partial charge is 0.324 e. The largest absolute Gasteiger partial charge is 0.508 e. The molecule has 0 radical (unpaired) electrons. The molecule has 0 spiro atoms. The minimum absolute atomic E-state index is 0.118. The number of phenols is 1. The first-order chi connectivity index (χ1) is 9.97. The highest BCUT2D eigenvalue weighted by Gasteiger charge is 2.28. The number of benzene rings is 1. The second-order valence-corrected chi connectivity index (χ2v) is 4.89. The van der Waals surface area contributed by atoms with E-state index in [1.807, 2.05) is 0 Å². The van der Waals surface area contributed by atoms with Crippen molar-refractivity contribution in [3.05, 3.63) is 24.3 Å². The fourth-order valence-corrected chi connectivity index (χ4v) is 2.21. The van der Waals surface area contributed by atoms with Gasteiger partial charge in [0, 0.05) is 25.8 Å². The molecular weight excluding hydrogens is 276 g/mol. The predicted octanol–water partition coefficient (Wildman–Crippen LogP) is 1.12. The number of carbonyl (C=O) groups excluding carboxylic acids is 1. The third-order valence-electron chi connectivity index (χ3n) is 3.34. The van der Waals surface area contributed by atoms with E-state index in [0.717, 1.165) is 0 Å². The molecule has 1 aromatic rings. The van der Waals surface area contributed by atoms with Crippen molar-refractivity contribution in [2.24, 2.45) is 0 Å². The Morgan fingerprint density at radius 1 is 1.38 bits per heavy atom. The van der Waals surface area contributed by atoms with Gasteiger partial charge < -0.3 is 19.8 Å². The van der Waals surface area contributed by atoms with E-state index < -0.39 is 12.1 Å². The van der Waals surface area contributed by atoms with Gasteiger partial charge in [0.2, 0.25) is 0 Å². The highest BCUT2D eigenvalue weighted by molar-refractivity contribution is 5.91. The molecule has 1 aromatic carbocycles. The maximum absolute atomic E-state index is 12.4. The summed E-state index contributed by atoms with van der Waals surface area (Å²) >= 11 is 0. The number of rotatable bonds is 3. The van der Waals surface area contributed by atoms with E-state index in [0.29, 0.717) is 18.8 Å². The van der Waals surface area contributed by atoms with Gasteiger partial charge in [0.05, 0.1) is 19.1 Å². The van der Waals surface area contributed by atoms with Gasteiger partial charge in [-0.25, -0.2) is 4.79 Å². The van der Waals surface area contributed by atoms with Crippen molar-refractivity contribution < 1.29 is 24.5 Å². The molecular formula is C14H18N2O5. The normalized spacial score (nSPS) is 18.3. The summed E-state index contributed by atoms with van der Waals surface area (Å²) in [5.41, 5.74) is 0.652. The van der Waals surface area contributed by atoms with Gasteiger partial charge in [-0.15, -0.1) is 0 Å². The monoisotopic (exact) mass is 294 g/mol. The third kappa shape index (κ3) is 3.85. The van der Waals surface area contributed by atoms with E-state index in [9.17, 15) is 14.7 Å². The van der Waals surface area contributed by atoms with Crippen LogP contribution in [0.1, 0.15) is 6.42 Å². The molecule has 1 saturated heterocycles. The SMILES string of the molecule is CN(C(=O)N1CCOC(CC(=O)O)C1)c1ccc(O)cc1. The summed E-state index contributed by atoms with van der Waals surface area (Å²) < 4.78 is 5.34. The van der Waals surface area contributed by atoms with Crippen molar-refractivity contribution in [3.8, 4) is 5.75 Å². The molecule has 0 bridgehead atoms. The Kier molecular flexibility index (Phi) is 4.64. The Bertz CT molecular complexity index is 517. The number of aromatic hydroxyl groups is 1. The minimum Gasteiger partial charge on any atom is -0.508 e. The van der Waals surface area contributed by atoms with Gasteiger partial charge in [0.25, 0.3) is 0 Å². The first-order valence-electron chi connectivity index (χ1n) is 6.62.